The number of carbonyl (C=O) groups excluding carboxylic acids is 1. The monoisotopic (exact) mass is 400 g/mol. The molecule has 0 unspecified atom stereocenters. The van der Waals surface area contributed by atoms with Crippen LogP contribution < -0.4 is 11.1 Å². The maximum Gasteiger partial charge on any atom is 0.413 e. The summed E-state index contributed by atoms with van der Waals surface area (Å²) in [6.07, 6.45) is -5.84. The molecule has 1 amide bonds. The van der Waals surface area contributed by atoms with Crippen LogP contribution in [-0.4, -0.2) is 21.7 Å². The SMILES string of the molecule is CC(C)(C)OC(=O)Nc1csc(C(F)F)n1.Nc1nc(C(F)F)cs1. The fourth-order valence-corrected chi connectivity index (χ4v) is 2.41. The molecule has 12 heteroatoms. The first-order valence-corrected chi connectivity index (χ1v) is 8.46. The molecule has 2 aromatic rings. The molecule has 0 saturated carbocycles. The molecule has 0 fully saturated rings. The summed E-state index contributed by atoms with van der Waals surface area (Å²) in [6, 6.07) is 0. The minimum Gasteiger partial charge on any atom is -0.444 e. The minimum atomic E-state index is -2.63. The van der Waals surface area contributed by atoms with Gasteiger partial charge in [0.2, 0.25) is 0 Å². The van der Waals surface area contributed by atoms with Crippen molar-refractivity contribution in [2.75, 3.05) is 11.1 Å². The average molecular weight is 400 g/mol. The van der Waals surface area contributed by atoms with Gasteiger partial charge < -0.3 is 10.5 Å². The van der Waals surface area contributed by atoms with Crippen LogP contribution in [0.5, 0.6) is 0 Å². The summed E-state index contributed by atoms with van der Waals surface area (Å²) >= 11 is 1.81. The van der Waals surface area contributed by atoms with Crippen molar-refractivity contribution in [3.8, 4) is 0 Å². The Labute approximate surface area is 149 Å². The van der Waals surface area contributed by atoms with Gasteiger partial charge in [0, 0.05) is 10.8 Å². The number of ether oxygens (including phenoxy) is 1. The zero-order chi connectivity index (χ0) is 19.2. The number of nitrogens with two attached hydrogens (primary N) is 1. The molecule has 0 aliphatic carbocycles. The predicted octanol–water partition coefficient (Wildman–Crippen LogP) is 5.09. The van der Waals surface area contributed by atoms with Crippen molar-refractivity contribution in [3.63, 3.8) is 0 Å². The van der Waals surface area contributed by atoms with Crippen LogP contribution in [-0.2, 0) is 4.74 Å². The maximum absolute atomic E-state index is 12.2. The molecule has 0 aromatic carbocycles. The summed E-state index contributed by atoms with van der Waals surface area (Å²) in [4.78, 5) is 18.1. The molecule has 3 N–H and O–H groups in total. The molecule has 25 heavy (non-hydrogen) atoms. The molecule has 0 radical (unpaired) electrons. The summed E-state index contributed by atoms with van der Waals surface area (Å²) in [5.74, 6) is 0.0783. The van der Waals surface area contributed by atoms with E-state index in [-0.39, 0.29) is 21.7 Å². The number of carbonyl (C=O) groups is 1. The van der Waals surface area contributed by atoms with E-state index < -0.39 is 24.5 Å². The normalized spacial score (nSPS) is 11.2. The fraction of sp³-hybridized carbons (Fsp3) is 0.462. The number of amides is 1. The smallest absolute Gasteiger partial charge is 0.413 e. The van der Waals surface area contributed by atoms with Crippen LogP contribution in [0.1, 0.15) is 44.3 Å². The molecule has 0 atom stereocenters. The van der Waals surface area contributed by atoms with Gasteiger partial charge in [-0.1, -0.05) is 0 Å². The third-order valence-electron chi connectivity index (χ3n) is 2.10. The number of aromatic nitrogens is 2. The van der Waals surface area contributed by atoms with Gasteiger partial charge in [-0.25, -0.2) is 32.3 Å². The lowest BCUT2D eigenvalue weighted by Gasteiger charge is -2.19. The number of halogens is 4. The summed E-state index contributed by atoms with van der Waals surface area (Å²) < 4.78 is 52.7. The molecule has 6 nitrogen and oxygen atoms in total. The van der Waals surface area contributed by atoms with E-state index in [0.29, 0.717) is 0 Å². The van der Waals surface area contributed by atoms with Crippen molar-refractivity contribution >= 4 is 39.7 Å². The van der Waals surface area contributed by atoms with Gasteiger partial charge in [0.15, 0.2) is 10.1 Å². The lowest BCUT2D eigenvalue weighted by atomic mass is 10.2. The lowest BCUT2D eigenvalue weighted by molar-refractivity contribution is 0.0635. The number of rotatable bonds is 3. The summed E-state index contributed by atoms with van der Waals surface area (Å²) in [6.45, 7) is 5.12. The average Bonchev–Trinajstić information content (AvgIpc) is 3.06. The second-order valence-electron chi connectivity index (χ2n) is 5.41. The van der Waals surface area contributed by atoms with Crippen molar-refractivity contribution in [2.24, 2.45) is 0 Å². The molecule has 0 bridgehead atoms. The Morgan fingerprint density at radius 3 is 2.16 bits per heavy atom. The van der Waals surface area contributed by atoms with Gasteiger partial charge >= 0.3 is 6.09 Å². The number of nitrogens with one attached hydrogen (secondary N) is 1. The molecule has 0 aliphatic rings. The quantitative estimate of drug-likeness (QED) is 0.701. The van der Waals surface area contributed by atoms with Crippen LogP contribution in [0.4, 0.5) is 33.3 Å². The number of thiazole rings is 2. The lowest BCUT2D eigenvalue weighted by Crippen LogP contribution is -2.27. The number of nitrogens with zero attached hydrogens (tertiary/aromatic N) is 2. The number of anilines is 2. The zero-order valence-electron chi connectivity index (χ0n) is 13.4. The minimum absolute atomic E-state index is 0.0783. The summed E-state index contributed by atoms with van der Waals surface area (Å²) in [5.41, 5.74) is 4.22. The molecular formula is C13H16F4N4O2S2. The number of nitrogen functional groups attached to an aromatic ring is 1. The Bertz CT molecular complexity index is 686. The topological polar surface area (TPSA) is 90.1 Å². The molecular weight excluding hydrogens is 384 g/mol. The Morgan fingerprint density at radius 1 is 1.16 bits per heavy atom. The van der Waals surface area contributed by atoms with Gasteiger partial charge in [0.25, 0.3) is 12.9 Å². The van der Waals surface area contributed by atoms with E-state index in [0.717, 1.165) is 22.7 Å². The molecule has 0 spiro atoms. The third-order valence-corrected chi connectivity index (χ3v) is 3.65. The van der Waals surface area contributed by atoms with E-state index in [4.69, 9.17) is 10.5 Å². The second kappa shape index (κ2) is 8.94. The molecule has 2 rings (SSSR count). The van der Waals surface area contributed by atoms with Gasteiger partial charge in [-0.15, -0.1) is 22.7 Å². The summed E-state index contributed by atoms with van der Waals surface area (Å²) in [5, 5.41) is 4.72. The first-order chi connectivity index (χ1) is 11.5. The zero-order valence-corrected chi connectivity index (χ0v) is 15.1. The third kappa shape index (κ3) is 8.12. The van der Waals surface area contributed by atoms with E-state index in [1.807, 2.05) is 0 Å². The standard InChI is InChI=1S/C9H12F2N2O2S.C4H4F2N2S/c1-9(2,3)15-8(14)13-5-4-16-7(12-5)6(10)11;5-3(6)2-1-9-4(7)8-2/h4,6H,1-3H3,(H,13,14);1,3H,(H2,7,8). The molecule has 0 aliphatic heterocycles. The molecule has 0 saturated heterocycles. The van der Waals surface area contributed by atoms with Gasteiger partial charge in [-0.3, -0.25) is 5.32 Å². The Kier molecular flexibility index (Phi) is 7.55. The predicted molar refractivity (Wildman–Crippen MR) is 88.4 cm³/mol. The van der Waals surface area contributed by atoms with Crippen LogP contribution >= 0.6 is 22.7 Å². The number of alkyl halides is 4. The highest BCUT2D eigenvalue weighted by Gasteiger charge is 2.18. The van der Waals surface area contributed by atoms with E-state index in [1.165, 1.54) is 10.8 Å². The fourth-order valence-electron chi connectivity index (χ4n) is 1.25. The van der Waals surface area contributed by atoms with Gasteiger partial charge in [-0.2, -0.15) is 0 Å². The van der Waals surface area contributed by atoms with E-state index in [9.17, 15) is 22.4 Å². The Hall–Kier alpha value is -1.95. The van der Waals surface area contributed by atoms with E-state index in [2.05, 4.69) is 15.3 Å². The van der Waals surface area contributed by atoms with E-state index in [1.54, 1.807) is 20.8 Å². The highest BCUT2D eigenvalue weighted by molar-refractivity contribution is 7.13. The number of hydrogen-bond donors (Lipinski definition) is 2. The van der Waals surface area contributed by atoms with Crippen molar-refractivity contribution in [1.29, 1.82) is 0 Å². The van der Waals surface area contributed by atoms with Crippen molar-refractivity contribution < 1.29 is 27.1 Å². The van der Waals surface area contributed by atoms with Crippen molar-refractivity contribution in [3.05, 3.63) is 21.5 Å². The Balaban J connectivity index is 0.000000293. The van der Waals surface area contributed by atoms with Gasteiger partial charge in [0.1, 0.15) is 17.1 Å². The highest BCUT2D eigenvalue weighted by Crippen LogP contribution is 2.25. The second-order valence-corrected chi connectivity index (χ2v) is 7.19. The first kappa shape index (κ1) is 21.1. The van der Waals surface area contributed by atoms with Crippen LogP contribution in [0.15, 0.2) is 10.8 Å². The van der Waals surface area contributed by atoms with E-state index >= 15 is 0 Å². The summed E-state index contributed by atoms with van der Waals surface area (Å²) in [7, 11) is 0. The van der Waals surface area contributed by atoms with Crippen molar-refractivity contribution in [2.45, 2.75) is 39.2 Å². The maximum atomic E-state index is 12.2. The highest BCUT2D eigenvalue weighted by atomic mass is 32.1. The van der Waals surface area contributed by atoms with Crippen LogP contribution in [0.25, 0.3) is 0 Å². The van der Waals surface area contributed by atoms with Crippen LogP contribution in [0.2, 0.25) is 0 Å². The molecule has 140 valence electrons. The van der Waals surface area contributed by atoms with Crippen LogP contribution in [0, 0.1) is 0 Å². The van der Waals surface area contributed by atoms with Gasteiger partial charge in [0.05, 0.1) is 0 Å². The van der Waals surface area contributed by atoms with Crippen molar-refractivity contribution in [1.82, 2.24) is 9.97 Å². The largest absolute Gasteiger partial charge is 0.444 e. The van der Waals surface area contributed by atoms with Crippen LogP contribution in [0.3, 0.4) is 0 Å². The molecule has 2 heterocycles. The molecule has 2 aromatic heterocycles. The number of hydrogen-bond acceptors (Lipinski definition) is 7. The first-order valence-electron chi connectivity index (χ1n) is 6.70. The Morgan fingerprint density at radius 2 is 1.80 bits per heavy atom. The van der Waals surface area contributed by atoms with Gasteiger partial charge in [-0.05, 0) is 20.8 Å².